The van der Waals surface area contributed by atoms with Crippen LogP contribution in [0.2, 0.25) is 0 Å². The predicted octanol–water partition coefficient (Wildman–Crippen LogP) is 1.99. The Morgan fingerprint density at radius 1 is 1.65 bits per heavy atom. The third kappa shape index (κ3) is 3.97. The third-order valence-corrected chi connectivity index (χ3v) is 3.58. The van der Waals surface area contributed by atoms with Gasteiger partial charge in [0.1, 0.15) is 6.07 Å². The highest BCUT2D eigenvalue weighted by Crippen LogP contribution is 2.28. The van der Waals surface area contributed by atoms with Gasteiger partial charge in [-0.3, -0.25) is 0 Å². The molecule has 1 heterocycles. The molecule has 0 aromatic rings. The molecule has 0 bridgehead atoms. The molecule has 1 fully saturated rings. The van der Waals surface area contributed by atoms with E-state index in [1.807, 2.05) is 31.9 Å². The molecule has 1 aliphatic rings. The van der Waals surface area contributed by atoms with Crippen molar-refractivity contribution in [2.24, 2.45) is 5.92 Å². The summed E-state index contributed by atoms with van der Waals surface area (Å²) in [6.45, 7) is 5.17. The minimum absolute atomic E-state index is 0.137. The fourth-order valence-corrected chi connectivity index (χ4v) is 2.49. The summed E-state index contributed by atoms with van der Waals surface area (Å²) < 4.78 is 5.10. The van der Waals surface area contributed by atoms with Gasteiger partial charge in [-0.2, -0.15) is 5.26 Å². The van der Waals surface area contributed by atoms with Crippen molar-refractivity contribution in [1.29, 1.82) is 5.26 Å². The first-order valence-electron chi connectivity index (χ1n) is 5.71. The van der Waals surface area contributed by atoms with Crippen molar-refractivity contribution in [3.8, 4) is 6.07 Å². The summed E-state index contributed by atoms with van der Waals surface area (Å²) in [5.74, 6) is 0.723. The molecule has 0 aromatic heterocycles. The molecule has 0 N–H and O–H groups in total. The second kappa shape index (κ2) is 6.55. The molecule has 1 rings (SSSR count). The molecule has 0 amide bonds. The van der Waals surface area contributed by atoms with E-state index in [1.165, 1.54) is 0 Å². The zero-order valence-corrected chi connectivity index (χ0v) is 11.3. The molecular formula is C12H18N2O2S. The number of ether oxygens (including phenoxy) is 1. The lowest BCUT2D eigenvalue weighted by atomic mass is 10.2. The van der Waals surface area contributed by atoms with Gasteiger partial charge >= 0.3 is 5.97 Å². The first-order chi connectivity index (χ1) is 8.06. The highest BCUT2D eigenvalue weighted by Gasteiger charge is 2.22. The second-order valence-electron chi connectivity index (χ2n) is 4.41. The maximum atomic E-state index is 11.8. The SMILES string of the molecule is CC(C)COC(=O)/C(C#N)=C1/SCCCN1C. The zero-order chi connectivity index (χ0) is 12.8. The van der Waals surface area contributed by atoms with Crippen LogP contribution in [0, 0.1) is 17.2 Å². The lowest BCUT2D eigenvalue weighted by Gasteiger charge is -2.27. The Morgan fingerprint density at radius 2 is 2.35 bits per heavy atom. The molecule has 94 valence electrons. The van der Waals surface area contributed by atoms with Gasteiger partial charge in [0.05, 0.1) is 11.6 Å². The van der Waals surface area contributed by atoms with Crippen LogP contribution in [0.25, 0.3) is 0 Å². The van der Waals surface area contributed by atoms with Gasteiger partial charge in [-0.15, -0.1) is 11.8 Å². The number of nitriles is 1. The number of rotatable bonds is 3. The molecule has 0 unspecified atom stereocenters. The maximum Gasteiger partial charge on any atom is 0.351 e. The van der Waals surface area contributed by atoms with Gasteiger partial charge in [0.15, 0.2) is 5.57 Å². The zero-order valence-electron chi connectivity index (χ0n) is 10.5. The van der Waals surface area contributed by atoms with Crippen LogP contribution in [-0.4, -0.2) is 36.8 Å². The first kappa shape index (κ1) is 13.9. The Morgan fingerprint density at radius 3 is 2.88 bits per heavy atom. The van der Waals surface area contributed by atoms with Crippen molar-refractivity contribution in [3.05, 3.63) is 10.6 Å². The van der Waals surface area contributed by atoms with E-state index in [1.54, 1.807) is 11.8 Å². The van der Waals surface area contributed by atoms with Gasteiger partial charge in [-0.05, 0) is 12.3 Å². The third-order valence-electron chi connectivity index (χ3n) is 2.30. The number of carbonyl (C=O) groups is 1. The molecule has 1 aliphatic heterocycles. The topological polar surface area (TPSA) is 53.3 Å². The number of thioether (sulfide) groups is 1. The van der Waals surface area contributed by atoms with Gasteiger partial charge in [-0.1, -0.05) is 13.8 Å². The highest BCUT2D eigenvalue weighted by molar-refractivity contribution is 8.03. The minimum atomic E-state index is -0.502. The van der Waals surface area contributed by atoms with E-state index >= 15 is 0 Å². The quantitative estimate of drug-likeness (QED) is 0.438. The standard InChI is InChI=1S/C12H18N2O2S/c1-9(2)8-16-12(15)10(7-13)11-14(3)5-4-6-17-11/h9H,4-6,8H2,1-3H3/b11-10+. The van der Waals surface area contributed by atoms with Crippen LogP contribution in [0.5, 0.6) is 0 Å². The van der Waals surface area contributed by atoms with E-state index in [4.69, 9.17) is 10.00 Å². The Kier molecular flexibility index (Phi) is 5.36. The maximum absolute atomic E-state index is 11.8. The lowest BCUT2D eigenvalue weighted by Crippen LogP contribution is -2.26. The Hall–Kier alpha value is -1.15. The molecule has 17 heavy (non-hydrogen) atoms. The van der Waals surface area contributed by atoms with Crippen LogP contribution in [0.3, 0.4) is 0 Å². The first-order valence-corrected chi connectivity index (χ1v) is 6.70. The molecule has 4 nitrogen and oxygen atoms in total. The van der Waals surface area contributed by atoms with E-state index in [9.17, 15) is 4.79 Å². The monoisotopic (exact) mass is 254 g/mol. The number of esters is 1. The molecule has 0 saturated carbocycles. The van der Waals surface area contributed by atoms with Gasteiger partial charge in [0.2, 0.25) is 0 Å². The van der Waals surface area contributed by atoms with E-state index in [0.29, 0.717) is 6.61 Å². The fourth-order valence-electron chi connectivity index (χ4n) is 1.44. The van der Waals surface area contributed by atoms with Crippen LogP contribution < -0.4 is 0 Å². The van der Waals surface area contributed by atoms with E-state index < -0.39 is 5.97 Å². The van der Waals surface area contributed by atoms with Crippen LogP contribution in [-0.2, 0) is 9.53 Å². The smallest absolute Gasteiger partial charge is 0.351 e. The molecular weight excluding hydrogens is 236 g/mol. The average Bonchev–Trinajstić information content (AvgIpc) is 2.30. The fraction of sp³-hybridized carbons (Fsp3) is 0.667. The van der Waals surface area contributed by atoms with Crippen molar-refractivity contribution in [2.45, 2.75) is 20.3 Å². The highest BCUT2D eigenvalue weighted by atomic mass is 32.2. The molecule has 0 atom stereocenters. The normalized spacial score (nSPS) is 18.9. The van der Waals surface area contributed by atoms with Crippen molar-refractivity contribution in [2.75, 3.05) is 26.0 Å². The Balaban J connectivity index is 2.78. The second-order valence-corrected chi connectivity index (χ2v) is 5.49. The number of hydrogen-bond donors (Lipinski definition) is 0. The molecule has 5 heteroatoms. The molecule has 0 aliphatic carbocycles. The van der Waals surface area contributed by atoms with Gasteiger partial charge in [-0.25, -0.2) is 4.79 Å². The summed E-state index contributed by atoms with van der Waals surface area (Å²) in [5.41, 5.74) is 0.137. The van der Waals surface area contributed by atoms with Gasteiger partial charge < -0.3 is 9.64 Å². The van der Waals surface area contributed by atoms with Gasteiger partial charge in [0, 0.05) is 19.3 Å². The summed E-state index contributed by atoms with van der Waals surface area (Å²) >= 11 is 1.55. The molecule has 1 saturated heterocycles. The van der Waals surface area contributed by atoms with Crippen LogP contribution in [0.1, 0.15) is 20.3 Å². The molecule has 0 spiro atoms. The lowest BCUT2D eigenvalue weighted by molar-refractivity contribution is -0.139. The van der Waals surface area contributed by atoms with Crippen LogP contribution in [0.4, 0.5) is 0 Å². The largest absolute Gasteiger partial charge is 0.461 e. The summed E-state index contributed by atoms with van der Waals surface area (Å²) in [5, 5.41) is 9.83. The number of carbonyl (C=O) groups excluding carboxylic acids is 1. The van der Waals surface area contributed by atoms with E-state index in [-0.39, 0.29) is 11.5 Å². The summed E-state index contributed by atoms with van der Waals surface area (Å²) in [6, 6.07) is 1.97. The summed E-state index contributed by atoms with van der Waals surface area (Å²) in [4.78, 5) is 13.7. The van der Waals surface area contributed by atoms with Crippen molar-refractivity contribution < 1.29 is 9.53 Å². The van der Waals surface area contributed by atoms with Crippen molar-refractivity contribution in [3.63, 3.8) is 0 Å². The Bertz CT molecular complexity index is 358. The molecule has 0 aromatic carbocycles. The molecule has 0 radical (unpaired) electrons. The average molecular weight is 254 g/mol. The number of nitrogens with zero attached hydrogens (tertiary/aromatic N) is 2. The van der Waals surface area contributed by atoms with E-state index in [2.05, 4.69) is 0 Å². The van der Waals surface area contributed by atoms with E-state index in [0.717, 1.165) is 23.7 Å². The van der Waals surface area contributed by atoms with Crippen molar-refractivity contribution in [1.82, 2.24) is 4.90 Å². The number of hydrogen-bond acceptors (Lipinski definition) is 5. The van der Waals surface area contributed by atoms with Crippen LogP contribution >= 0.6 is 11.8 Å². The Labute approximate surface area is 107 Å². The van der Waals surface area contributed by atoms with Crippen molar-refractivity contribution >= 4 is 17.7 Å². The minimum Gasteiger partial charge on any atom is -0.461 e. The summed E-state index contributed by atoms with van der Waals surface area (Å²) in [7, 11) is 1.90. The summed E-state index contributed by atoms with van der Waals surface area (Å²) in [6.07, 6.45) is 1.07. The van der Waals surface area contributed by atoms with Crippen LogP contribution in [0.15, 0.2) is 10.6 Å². The predicted molar refractivity (Wildman–Crippen MR) is 68.1 cm³/mol. The van der Waals surface area contributed by atoms with Gasteiger partial charge in [0.25, 0.3) is 0 Å².